The maximum atomic E-state index is 12.8. The number of pyridine rings is 1. The average molecular weight is 810 g/mol. The minimum Gasteiger partial charge on any atom is -0.462 e. The van der Waals surface area contributed by atoms with E-state index in [9.17, 15) is 14.4 Å². The molecule has 1 heterocycles. The summed E-state index contributed by atoms with van der Waals surface area (Å²) < 4.78 is 18.3. The highest BCUT2D eigenvalue weighted by molar-refractivity contribution is 6.31. The normalized spacial score (nSPS) is 32.8. The predicted molar refractivity (Wildman–Crippen MR) is 226 cm³/mol. The summed E-state index contributed by atoms with van der Waals surface area (Å²) in [5.74, 6) is 1.44. The zero-order chi connectivity index (χ0) is 41.3. The molecular weight excluding hydrogens is 740 g/mol. The number of hydrogen-bond donors (Lipinski definition) is 2. The second-order valence-corrected chi connectivity index (χ2v) is 20.0. The number of carbonyl (C=O) groups excluding carboxylic acids is 3. The van der Waals surface area contributed by atoms with Crippen molar-refractivity contribution in [3.63, 3.8) is 0 Å². The molecule has 11 atom stereocenters. The van der Waals surface area contributed by atoms with Crippen molar-refractivity contribution in [1.29, 1.82) is 0 Å². The molecule has 4 aliphatic carbocycles. The van der Waals surface area contributed by atoms with Gasteiger partial charge >= 0.3 is 18.0 Å². The number of rotatable bonds is 13. The Morgan fingerprint density at radius 3 is 2.44 bits per heavy atom. The molecule has 6 rings (SSSR count). The lowest BCUT2D eigenvalue weighted by Crippen LogP contribution is -2.64. The van der Waals surface area contributed by atoms with Crippen molar-refractivity contribution in [1.82, 2.24) is 15.2 Å². The first-order chi connectivity index (χ1) is 26.9. The number of nitrogens with zero attached hydrogens (tertiary/aromatic N) is 2. The molecule has 4 fully saturated rings. The molecule has 2 aromatic rings. The fourth-order valence-electron chi connectivity index (χ4n) is 12.3. The molecule has 1 amide bonds. The number of halogens is 1. The summed E-state index contributed by atoms with van der Waals surface area (Å²) in [6.07, 6.45) is 10.7. The second kappa shape index (κ2) is 17.6. The lowest BCUT2D eigenvalue weighted by molar-refractivity contribution is -0.220. The summed E-state index contributed by atoms with van der Waals surface area (Å²) in [6.45, 7) is 18.9. The smallest absolute Gasteiger partial charge is 0.407 e. The van der Waals surface area contributed by atoms with E-state index in [1.165, 1.54) is 6.92 Å². The van der Waals surface area contributed by atoms with Crippen LogP contribution in [0.3, 0.4) is 0 Å². The van der Waals surface area contributed by atoms with Crippen molar-refractivity contribution in [3.05, 3.63) is 35.5 Å². The van der Waals surface area contributed by atoms with Crippen LogP contribution in [0.1, 0.15) is 120 Å². The van der Waals surface area contributed by atoms with Gasteiger partial charge in [-0.25, -0.2) is 4.79 Å². The Hall–Kier alpha value is -3.11. The molecule has 4 aliphatic rings. The topological polar surface area (TPSA) is 119 Å². The standard InChI is InChI=1S/C46H69ClN4O6/c1-28(12-10-22-51(9)23-11-20-48-38-18-21-49-39-26-32(47)13-14-34(38)39)35-15-16-36-42-37(27-41(46(35,36)8)56-30(3)53)45(7)19-17-33(50-43(54)57-44(4,5)6)24-31(45)25-40(42)55-29(2)52/h13-14,18,21,26,28,31,33,35-37,40-42H,10-12,15-17,19-20,22-25,27H2,1-9H3,(H,48,49)(H,50,54)/t28-,31+,33-,35-,36+,37+,40-,41+,42+,45+,46-/m1/s1. The molecule has 57 heavy (non-hydrogen) atoms. The first kappa shape index (κ1) is 43.5. The largest absolute Gasteiger partial charge is 0.462 e. The molecule has 0 bridgehead atoms. The number of fused-ring (bicyclic) bond motifs is 6. The van der Waals surface area contributed by atoms with Crippen LogP contribution in [-0.2, 0) is 23.8 Å². The zero-order valence-corrected chi connectivity index (χ0v) is 36.8. The third kappa shape index (κ3) is 9.69. The molecule has 2 N–H and O–H groups in total. The van der Waals surface area contributed by atoms with Crippen LogP contribution < -0.4 is 10.6 Å². The van der Waals surface area contributed by atoms with Crippen LogP contribution >= 0.6 is 11.6 Å². The summed E-state index contributed by atoms with van der Waals surface area (Å²) >= 11 is 6.18. The zero-order valence-electron chi connectivity index (χ0n) is 36.0. The van der Waals surface area contributed by atoms with E-state index in [2.05, 4.69) is 48.3 Å². The number of nitrogens with one attached hydrogen (secondary N) is 2. The average Bonchev–Trinajstić information content (AvgIpc) is 3.47. The number of benzene rings is 1. The molecule has 10 nitrogen and oxygen atoms in total. The minimum absolute atomic E-state index is 0.00581. The van der Waals surface area contributed by atoms with Gasteiger partial charge in [0.25, 0.3) is 0 Å². The van der Waals surface area contributed by atoms with E-state index < -0.39 is 5.60 Å². The van der Waals surface area contributed by atoms with E-state index in [4.69, 9.17) is 25.8 Å². The van der Waals surface area contributed by atoms with Gasteiger partial charge in [-0.1, -0.05) is 32.4 Å². The molecule has 0 saturated heterocycles. The van der Waals surface area contributed by atoms with Crippen molar-refractivity contribution in [3.8, 4) is 0 Å². The second-order valence-electron chi connectivity index (χ2n) is 19.6. The van der Waals surface area contributed by atoms with E-state index >= 15 is 0 Å². The third-order valence-electron chi connectivity index (χ3n) is 14.8. The molecule has 1 aromatic carbocycles. The number of esters is 2. The van der Waals surface area contributed by atoms with Crippen molar-refractivity contribution in [2.45, 2.75) is 143 Å². The molecule has 1 aromatic heterocycles. The van der Waals surface area contributed by atoms with Gasteiger partial charge in [-0.3, -0.25) is 14.6 Å². The van der Waals surface area contributed by atoms with E-state index in [0.717, 1.165) is 100 Å². The van der Waals surface area contributed by atoms with E-state index in [1.807, 2.05) is 51.2 Å². The first-order valence-electron chi connectivity index (χ1n) is 21.7. The van der Waals surface area contributed by atoms with Gasteiger partial charge in [-0.05, 0) is 164 Å². The van der Waals surface area contributed by atoms with Crippen molar-refractivity contribution < 1.29 is 28.6 Å². The van der Waals surface area contributed by atoms with E-state index in [0.29, 0.717) is 16.9 Å². The summed E-state index contributed by atoms with van der Waals surface area (Å²) in [5, 5.41) is 8.52. The highest BCUT2D eigenvalue weighted by atomic mass is 35.5. The number of hydrogen-bond acceptors (Lipinski definition) is 9. The lowest BCUT2D eigenvalue weighted by atomic mass is 9.43. The molecule has 0 spiro atoms. The summed E-state index contributed by atoms with van der Waals surface area (Å²) in [5.41, 5.74) is 1.19. The number of carbonyl (C=O) groups is 3. The number of anilines is 1. The summed E-state index contributed by atoms with van der Waals surface area (Å²) in [4.78, 5) is 45.2. The Kier molecular flexibility index (Phi) is 13.4. The fraction of sp³-hybridized carbons (Fsp3) is 0.739. The Bertz CT molecular complexity index is 1750. The third-order valence-corrected chi connectivity index (χ3v) is 15.0. The monoisotopic (exact) mass is 808 g/mol. The van der Waals surface area contributed by atoms with Crippen LogP contribution in [0.5, 0.6) is 0 Å². The number of ether oxygens (including phenoxy) is 3. The van der Waals surface area contributed by atoms with Gasteiger partial charge in [0.1, 0.15) is 17.8 Å². The molecule has 4 saturated carbocycles. The molecular formula is C46H69ClN4O6. The van der Waals surface area contributed by atoms with Crippen molar-refractivity contribution in [2.75, 3.05) is 32.0 Å². The molecule has 0 aliphatic heterocycles. The number of aromatic nitrogens is 1. The van der Waals surface area contributed by atoms with Gasteiger partial charge in [-0.2, -0.15) is 0 Å². The quantitative estimate of drug-likeness (QED) is 0.116. The summed E-state index contributed by atoms with van der Waals surface area (Å²) in [6, 6.07) is 7.86. The van der Waals surface area contributed by atoms with Crippen LogP contribution in [0, 0.1) is 46.3 Å². The Balaban J connectivity index is 1.09. The lowest BCUT2D eigenvalue weighted by Gasteiger charge is -2.64. The molecule has 0 unspecified atom stereocenters. The Labute approximate surface area is 346 Å². The highest BCUT2D eigenvalue weighted by Gasteiger charge is 2.67. The SMILES string of the molecule is CC(=O)O[C@H]1C[C@H]2[C@@H]([C@H](OC(C)=O)C[C@@H]3C[C@H](NC(=O)OC(C)(C)C)CC[C@@]32C)[C@@H]2CC[C@H]([C@H](C)CCCN(C)CCCNc3ccnc4cc(Cl)ccc34)[C@@]12C. The van der Waals surface area contributed by atoms with E-state index in [1.54, 1.807) is 6.92 Å². The van der Waals surface area contributed by atoms with Crippen LogP contribution in [0.15, 0.2) is 30.5 Å². The van der Waals surface area contributed by atoms with Gasteiger partial charge in [-0.15, -0.1) is 0 Å². The fourth-order valence-corrected chi connectivity index (χ4v) is 12.4. The van der Waals surface area contributed by atoms with Crippen molar-refractivity contribution in [2.24, 2.45) is 46.3 Å². The first-order valence-corrected chi connectivity index (χ1v) is 22.1. The van der Waals surface area contributed by atoms with Gasteiger partial charge in [0, 0.05) is 60.1 Å². The van der Waals surface area contributed by atoms with Crippen LogP contribution in [0.2, 0.25) is 5.02 Å². The number of amides is 1. The summed E-state index contributed by atoms with van der Waals surface area (Å²) in [7, 11) is 2.21. The van der Waals surface area contributed by atoms with Gasteiger partial charge in [0.15, 0.2) is 0 Å². The molecule has 0 radical (unpaired) electrons. The Morgan fingerprint density at radius 2 is 1.72 bits per heavy atom. The maximum absolute atomic E-state index is 12.8. The van der Waals surface area contributed by atoms with Crippen LogP contribution in [-0.4, -0.2) is 78.4 Å². The maximum Gasteiger partial charge on any atom is 0.407 e. The number of alkyl carbamates (subject to hydrolysis) is 1. The van der Waals surface area contributed by atoms with Gasteiger partial charge in [0.05, 0.1) is 5.52 Å². The van der Waals surface area contributed by atoms with Crippen molar-refractivity contribution >= 4 is 46.2 Å². The Morgan fingerprint density at radius 1 is 0.982 bits per heavy atom. The molecule has 316 valence electrons. The minimum atomic E-state index is -0.564. The molecule has 11 heteroatoms. The van der Waals surface area contributed by atoms with E-state index in [-0.39, 0.29) is 70.8 Å². The predicted octanol–water partition coefficient (Wildman–Crippen LogP) is 9.67. The van der Waals surface area contributed by atoms with Crippen LogP contribution in [0.25, 0.3) is 10.9 Å². The van der Waals surface area contributed by atoms with Gasteiger partial charge < -0.3 is 29.7 Å². The van der Waals surface area contributed by atoms with Crippen LogP contribution in [0.4, 0.5) is 10.5 Å². The highest BCUT2D eigenvalue weighted by Crippen LogP contribution is 2.69. The van der Waals surface area contributed by atoms with Gasteiger partial charge in [0.2, 0.25) is 0 Å².